The highest BCUT2D eigenvalue weighted by Gasteiger charge is 2.35. The predicted molar refractivity (Wildman–Crippen MR) is 142 cm³/mol. The number of rotatable bonds is 13. The smallest absolute Gasteiger partial charge is 0.368 e. The Bertz CT molecular complexity index is 853. The van der Waals surface area contributed by atoms with E-state index < -0.39 is 0 Å². The van der Waals surface area contributed by atoms with E-state index >= 15 is 0 Å². The highest BCUT2D eigenvalue weighted by atomic mass is 32.2. The predicted octanol–water partition coefficient (Wildman–Crippen LogP) is 4.66. The SMILES string of the molecule is CO[N+](C)(c1ccccc1)c1nc(CCN(C)C)c(SC)c(NCCN(C(C)C)C(C)C)n1. The van der Waals surface area contributed by atoms with Crippen molar-refractivity contribution in [1.29, 1.82) is 0 Å². The average Bonchev–Trinajstić information content (AvgIpc) is 2.79. The molecule has 2 aromatic rings. The first-order valence-corrected chi connectivity index (χ1v) is 12.9. The Balaban J connectivity index is 2.47. The Morgan fingerprint density at radius 3 is 2.18 bits per heavy atom. The average molecular weight is 476 g/mol. The number of thioether (sulfide) groups is 1. The summed E-state index contributed by atoms with van der Waals surface area (Å²) in [6, 6.07) is 11.1. The van der Waals surface area contributed by atoms with Gasteiger partial charge in [0.1, 0.15) is 12.9 Å². The molecule has 0 saturated heterocycles. The van der Waals surface area contributed by atoms with Gasteiger partial charge in [-0.05, 0) is 48.0 Å². The number of aromatic nitrogens is 2. The molecule has 2 rings (SSSR count). The van der Waals surface area contributed by atoms with Crippen LogP contribution in [-0.4, -0.2) is 86.0 Å². The molecular weight excluding hydrogens is 432 g/mol. The fourth-order valence-electron chi connectivity index (χ4n) is 3.94. The standard InChI is InChI=1S/C25H43N6OS/c1-19(2)30(20(3)4)18-16-26-24-23(33-9)22(15-17-29(5)6)27-25(28-24)31(7,32-8)21-13-11-10-12-14-21/h10-14,19-20H,15-18H2,1-9H3,(H,26,27,28)/q+1. The largest absolute Gasteiger partial charge is 0.369 e. The summed E-state index contributed by atoms with van der Waals surface area (Å²) in [5.74, 6) is 1.51. The van der Waals surface area contributed by atoms with E-state index in [0.29, 0.717) is 18.0 Å². The first-order chi connectivity index (χ1) is 15.6. The van der Waals surface area contributed by atoms with Gasteiger partial charge in [-0.25, -0.2) is 0 Å². The molecule has 0 saturated carbocycles. The van der Waals surface area contributed by atoms with Crippen LogP contribution in [0.15, 0.2) is 35.2 Å². The molecule has 33 heavy (non-hydrogen) atoms. The molecule has 1 aromatic heterocycles. The molecule has 0 spiro atoms. The lowest BCUT2D eigenvalue weighted by Gasteiger charge is -2.31. The van der Waals surface area contributed by atoms with E-state index in [9.17, 15) is 0 Å². The van der Waals surface area contributed by atoms with Crippen molar-refractivity contribution in [2.24, 2.45) is 0 Å². The number of nitrogens with one attached hydrogen (secondary N) is 1. The van der Waals surface area contributed by atoms with Gasteiger partial charge in [0.2, 0.25) is 0 Å². The van der Waals surface area contributed by atoms with Crippen LogP contribution in [0.2, 0.25) is 0 Å². The van der Waals surface area contributed by atoms with Crippen molar-refractivity contribution in [1.82, 2.24) is 24.4 Å². The van der Waals surface area contributed by atoms with Gasteiger partial charge in [0.15, 0.2) is 5.69 Å². The van der Waals surface area contributed by atoms with Crippen molar-refractivity contribution in [2.75, 3.05) is 59.5 Å². The van der Waals surface area contributed by atoms with E-state index in [0.717, 1.165) is 48.1 Å². The molecule has 0 amide bonds. The van der Waals surface area contributed by atoms with Crippen LogP contribution < -0.4 is 9.96 Å². The minimum Gasteiger partial charge on any atom is -0.368 e. The molecule has 0 radical (unpaired) electrons. The van der Waals surface area contributed by atoms with Gasteiger partial charge in [0.05, 0.1) is 17.7 Å². The van der Waals surface area contributed by atoms with Crippen LogP contribution >= 0.6 is 11.8 Å². The maximum absolute atomic E-state index is 5.98. The first-order valence-electron chi connectivity index (χ1n) is 11.7. The Hall–Kier alpha value is -1.71. The van der Waals surface area contributed by atoms with E-state index in [1.807, 2.05) is 37.4 Å². The molecule has 0 aliphatic rings. The van der Waals surface area contributed by atoms with Gasteiger partial charge in [-0.1, -0.05) is 22.8 Å². The fourth-order valence-corrected chi connectivity index (χ4v) is 4.63. The number of likely N-dealkylation sites (N-methyl/N-ethyl adjacent to an activating group) is 1. The highest BCUT2D eigenvalue weighted by molar-refractivity contribution is 7.98. The summed E-state index contributed by atoms with van der Waals surface area (Å²) in [4.78, 5) is 21.8. The van der Waals surface area contributed by atoms with E-state index in [1.165, 1.54) is 0 Å². The molecule has 1 atom stereocenters. The number of benzene rings is 1. The molecule has 1 N–H and O–H groups in total. The van der Waals surface area contributed by atoms with Crippen LogP contribution in [0.5, 0.6) is 0 Å². The van der Waals surface area contributed by atoms with Gasteiger partial charge in [-0.3, -0.25) is 4.90 Å². The van der Waals surface area contributed by atoms with Crippen molar-refractivity contribution >= 4 is 29.2 Å². The fraction of sp³-hybridized carbons (Fsp3) is 0.600. The zero-order chi connectivity index (χ0) is 24.6. The third-order valence-electron chi connectivity index (χ3n) is 5.91. The van der Waals surface area contributed by atoms with Crippen molar-refractivity contribution < 1.29 is 4.84 Å². The van der Waals surface area contributed by atoms with Gasteiger partial charge in [0.25, 0.3) is 0 Å². The van der Waals surface area contributed by atoms with Crippen molar-refractivity contribution in [3.63, 3.8) is 0 Å². The Labute approximate surface area is 205 Å². The topological polar surface area (TPSA) is 53.5 Å². The molecule has 1 unspecified atom stereocenters. The number of quaternary nitrogens is 1. The van der Waals surface area contributed by atoms with Crippen LogP contribution in [0.3, 0.4) is 0 Å². The van der Waals surface area contributed by atoms with Gasteiger partial charge < -0.3 is 10.2 Å². The van der Waals surface area contributed by atoms with Crippen LogP contribution in [0, 0.1) is 0 Å². The molecular formula is C25H43N6OS+. The van der Waals surface area contributed by atoms with Crippen LogP contribution in [0.1, 0.15) is 33.4 Å². The minimum atomic E-state index is 0.0727. The Morgan fingerprint density at radius 1 is 1.03 bits per heavy atom. The summed E-state index contributed by atoms with van der Waals surface area (Å²) in [5.41, 5.74) is 2.03. The van der Waals surface area contributed by atoms with E-state index in [4.69, 9.17) is 14.8 Å². The van der Waals surface area contributed by atoms with E-state index in [2.05, 4.69) is 63.2 Å². The first kappa shape index (κ1) is 27.5. The van der Waals surface area contributed by atoms with E-state index in [1.54, 1.807) is 18.9 Å². The third-order valence-corrected chi connectivity index (χ3v) is 6.75. The number of para-hydroxylation sites is 1. The summed E-state index contributed by atoms with van der Waals surface area (Å²) in [6.45, 7) is 11.7. The highest BCUT2D eigenvalue weighted by Crippen LogP contribution is 2.35. The normalized spacial score (nSPS) is 13.8. The summed E-state index contributed by atoms with van der Waals surface area (Å²) in [5, 5.41) is 3.63. The second kappa shape index (κ2) is 12.7. The number of nitrogens with zero attached hydrogens (tertiary/aromatic N) is 5. The third kappa shape index (κ3) is 7.13. The zero-order valence-electron chi connectivity index (χ0n) is 21.9. The van der Waals surface area contributed by atoms with E-state index in [-0.39, 0.29) is 4.65 Å². The second-order valence-corrected chi connectivity index (χ2v) is 10.0. The monoisotopic (exact) mass is 475 g/mol. The Morgan fingerprint density at radius 2 is 1.67 bits per heavy atom. The molecule has 1 heterocycles. The molecule has 0 aliphatic heterocycles. The van der Waals surface area contributed by atoms with Crippen molar-refractivity contribution in [2.45, 2.75) is 51.1 Å². The number of hydroxylamine groups is 1. The lowest BCUT2D eigenvalue weighted by molar-refractivity contribution is -0.0546. The molecule has 8 heteroatoms. The number of anilines is 1. The molecule has 184 valence electrons. The molecule has 0 bridgehead atoms. The van der Waals surface area contributed by atoms with Crippen LogP contribution in [0.25, 0.3) is 0 Å². The second-order valence-electron chi connectivity index (χ2n) is 9.20. The summed E-state index contributed by atoms with van der Waals surface area (Å²) in [7, 11) is 7.87. The molecule has 0 aliphatic carbocycles. The van der Waals surface area contributed by atoms with Gasteiger partial charge in [0, 0.05) is 50.3 Å². The quantitative estimate of drug-likeness (QED) is 0.257. The number of hydrogen-bond acceptors (Lipinski definition) is 7. The molecule has 7 nitrogen and oxygen atoms in total. The maximum atomic E-state index is 5.98. The van der Waals surface area contributed by atoms with Crippen molar-refractivity contribution in [3.05, 3.63) is 36.0 Å². The van der Waals surface area contributed by atoms with Crippen molar-refractivity contribution in [3.8, 4) is 0 Å². The lowest BCUT2D eigenvalue weighted by atomic mass is 10.2. The van der Waals surface area contributed by atoms with Gasteiger partial charge in [-0.15, -0.1) is 11.8 Å². The molecule has 1 aromatic carbocycles. The van der Waals surface area contributed by atoms with Crippen LogP contribution in [0.4, 0.5) is 17.5 Å². The maximum Gasteiger partial charge on any atom is 0.369 e. The lowest BCUT2D eigenvalue weighted by Crippen LogP contribution is -2.41. The minimum absolute atomic E-state index is 0.0727. The van der Waals surface area contributed by atoms with Crippen LogP contribution in [-0.2, 0) is 11.3 Å². The van der Waals surface area contributed by atoms with Gasteiger partial charge >= 0.3 is 5.95 Å². The summed E-state index contributed by atoms with van der Waals surface area (Å²) in [6.07, 6.45) is 2.94. The zero-order valence-corrected chi connectivity index (χ0v) is 22.7. The summed E-state index contributed by atoms with van der Waals surface area (Å²) < 4.78 is 0.0727. The number of hydrogen-bond donors (Lipinski definition) is 1. The summed E-state index contributed by atoms with van der Waals surface area (Å²) >= 11 is 1.70. The molecule has 0 fully saturated rings. The Kier molecular flexibility index (Phi) is 10.6. The van der Waals surface area contributed by atoms with Gasteiger partial charge in [-0.2, -0.15) is 14.8 Å².